The number of carbonyl (C=O) groups is 1. The molecule has 0 saturated heterocycles. The van der Waals surface area contributed by atoms with E-state index in [1.807, 2.05) is 24.3 Å². The Hall–Kier alpha value is -2.51. The summed E-state index contributed by atoms with van der Waals surface area (Å²) in [6.07, 6.45) is 3.70. The number of aryl methyl sites for hydroxylation is 1. The molecule has 4 aromatic heterocycles. The van der Waals surface area contributed by atoms with Crippen LogP contribution in [0.25, 0.3) is 11.2 Å². The smallest absolute Gasteiger partial charge is 0.220 e. The molecule has 0 bridgehead atoms. The molecule has 0 aliphatic heterocycles. The summed E-state index contributed by atoms with van der Waals surface area (Å²) in [5, 5.41) is 7.14. The van der Waals surface area contributed by atoms with E-state index >= 15 is 0 Å². The second-order valence-corrected chi connectivity index (χ2v) is 8.28. The first kappa shape index (κ1) is 17.9. The molecule has 5 nitrogen and oxygen atoms in total. The highest BCUT2D eigenvalue weighted by atomic mass is 32.1. The van der Waals surface area contributed by atoms with Crippen LogP contribution in [-0.2, 0) is 24.2 Å². The quantitative estimate of drug-likeness (QED) is 0.491. The van der Waals surface area contributed by atoms with Crippen molar-refractivity contribution in [3.63, 3.8) is 0 Å². The molecular formula is C20H20N4OS2. The predicted octanol–water partition coefficient (Wildman–Crippen LogP) is 3.89. The maximum absolute atomic E-state index is 12.2. The van der Waals surface area contributed by atoms with Crippen LogP contribution in [-0.4, -0.2) is 27.0 Å². The second kappa shape index (κ2) is 8.45. The van der Waals surface area contributed by atoms with Crippen molar-refractivity contribution in [2.24, 2.45) is 0 Å². The molecule has 0 aromatic carbocycles. The number of nitrogens with one attached hydrogen (secondary N) is 1. The van der Waals surface area contributed by atoms with Gasteiger partial charge in [-0.15, -0.1) is 22.7 Å². The molecule has 4 aromatic rings. The highest BCUT2D eigenvalue weighted by molar-refractivity contribution is 7.10. The SMILES string of the molecule is O=C(CCc1nc2cccnc2n1Cc1cccs1)NCCc1cccs1. The van der Waals surface area contributed by atoms with E-state index in [9.17, 15) is 4.79 Å². The Morgan fingerprint density at radius 1 is 1.04 bits per heavy atom. The topological polar surface area (TPSA) is 59.8 Å². The van der Waals surface area contributed by atoms with Crippen molar-refractivity contribution in [2.45, 2.75) is 25.8 Å². The average Bonchev–Trinajstić information content (AvgIpc) is 3.42. The van der Waals surface area contributed by atoms with Crippen molar-refractivity contribution < 1.29 is 4.79 Å². The van der Waals surface area contributed by atoms with Gasteiger partial charge in [0, 0.05) is 35.3 Å². The van der Waals surface area contributed by atoms with E-state index in [0.29, 0.717) is 19.4 Å². The third-order valence-electron chi connectivity index (χ3n) is 4.33. The van der Waals surface area contributed by atoms with Crippen LogP contribution in [0.1, 0.15) is 22.0 Å². The molecule has 27 heavy (non-hydrogen) atoms. The van der Waals surface area contributed by atoms with Gasteiger partial charge in [0.05, 0.1) is 6.54 Å². The van der Waals surface area contributed by atoms with Crippen molar-refractivity contribution in [1.82, 2.24) is 19.9 Å². The Balaban J connectivity index is 1.41. The average molecular weight is 397 g/mol. The summed E-state index contributed by atoms with van der Waals surface area (Å²) in [7, 11) is 0. The number of carbonyl (C=O) groups excluding carboxylic acids is 1. The minimum Gasteiger partial charge on any atom is -0.356 e. The summed E-state index contributed by atoms with van der Waals surface area (Å²) >= 11 is 3.44. The Bertz CT molecular complexity index is 1010. The molecule has 0 radical (unpaired) electrons. The Morgan fingerprint density at radius 2 is 1.85 bits per heavy atom. The maximum atomic E-state index is 12.2. The largest absolute Gasteiger partial charge is 0.356 e. The van der Waals surface area contributed by atoms with Gasteiger partial charge in [-0.3, -0.25) is 4.79 Å². The fraction of sp³-hybridized carbons (Fsp3) is 0.250. The van der Waals surface area contributed by atoms with E-state index in [1.165, 1.54) is 9.75 Å². The first-order chi connectivity index (χ1) is 13.3. The third-order valence-corrected chi connectivity index (χ3v) is 6.12. The number of nitrogens with zero attached hydrogens (tertiary/aromatic N) is 3. The van der Waals surface area contributed by atoms with Crippen molar-refractivity contribution in [3.05, 3.63) is 68.9 Å². The molecule has 4 heterocycles. The number of amides is 1. The zero-order chi connectivity index (χ0) is 18.5. The molecular weight excluding hydrogens is 376 g/mol. The van der Waals surface area contributed by atoms with Crippen molar-refractivity contribution in [2.75, 3.05) is 6.54 Å². The van der Waals surface area contributed by atoms with Gasteiger partial charge >= 0.3 is 0 Å². The van der Waals surface area contributed by atoms with Gasteiger partial charge < -0.3 is 9.88 Å². The minimum atomic E-state index is 0.0641. The molecule has 0 atom stereocenters. The van der Waals surface area contributed by atoms with Crippen LogP contribution in [0.2, 0.25) is 0 Å². The van der Waals surface area contributed by atoms with Crippen LogP contribution in [0.15, 0.2) is 53.4 Å². The summed E-state index contributed by atoms with van der Waals surface area (Å²) in [6, 6.07) is 12.2. The molecule has 0 unspecified atom stereocenters. The van der Waals surface area contributed by atoms with Crippen molar-refractivity contribution >= 4 is 39.7 Å². The number of fused-ring (bicyclic) bond motifs is 1. The fourth-order valence-electron chi connectivity index (χ4n) is 3.01. The van der Waals surface area contributed by atoms with Crippen LogP contribution in [0.3, 0.4) is 0 Å². The number of pyridine rings is 1. The Morgan fingerprint density at radius 3 is 2.63 bits per heavy atom. The lowest BCUT2D eigenvalue weighted by molar-refractivity contribution is -0.121. The first-order valence-corrected chi connectivity index (χ1v) is 10.7. The van der Waals surface area contributed by atoms with Gasteiger partial charge in [0.1, 0.15) is 11.3 Å². The summed E-state index contributed by atoms with van der Waals surface area (Å²) in [5.41, 5.74) is 1.75. The highest BCUT2D eigenvalue weighted by Gasteiger charge is 2.14. The van der Waals surface area contributed by atoms with Crippen LogP contribution in [0.5, 0.6) is 0 Å². The summed E-state index contributed by atoms with van der Waals surface area (Å²) in [5.74, 6) is 0.972. The zero-order valence-electron chi connectivity index (χ0n) is 14.8. The number of imidazole rings is 1. The number of aromatic nitrogens is 3. The van der Waals surface area contributed by atoms with E-state index < -0.39 is 0 Å². The molecule has 0 fully saturated rings. The summed E-state index contributed by atoms with van der Waals surface area (Å²) < 4.78 is 2.13. The number of hydrogen-bond acceptors (Lipinski definition) is 5. The summed E-state index contributed by atoms with van der Waals surface area (Å²) in [6.45, 7) is 1.41. The monoisotopic (exact) mass is 396 g/mol. The normalized spacial score (nSPS) is 11.1. The number of rotatable bonds is 8. The minimum absolute atomic E-state index is 0.0641. The first-order valence-electron chi connectivity index (χ1n) is 8.91. The van der Waals surface area contributed by atoms with Crippen molar-refractivity contribution in [3.8, 4) is 0 Å². The maximum Gasteiger partial charge on any atom is 0.220 e. The molecule has 138 valence electrons. The molecule has 0 aliphatic rings. The molecule has 1 N–H and O–H groups in total. The number of thiophene rings is 2. The van der Waals surface area contributed by atoms with E-state index in [1.54, 1.807) is 28.9 Å². The highest BCUT2D eigenvalue weighted by Crippen LogP contribution is 2.19. The predicted molar refractivity (Wildman–Crippen MR) is 110 cm³/mol. The van der Waals surface area contributed by atoms with Gasteiger partial charge in [0.2, 0.25) is 5.91 Å². The van der Waals surface area contributed by atoms with E-state index in [2.05, 4.69) is 37.8 Å². The fourth-order valence-corrected chi connectivity index (χ4v) is 4.42. The number of hydrogen-bond donors (Lipinski definition) is 1. The van der Waals surface area contributed by atoms with Crippen LogP contribution in [0, 0.1) is 0 Å². The molecule has 0 spiro atoms. The van der Waals surface area contributed by atoms with E-state index in [0.717, 1.165) is 30.0 Å². The van der Waals surface area contributed by atoms with E-state index in [-0.39, 0.29) is 5.91 Å². The van der Waals surface area contributed by atoms with E-state index in [4.69, 9.17) is 4.98 Å². The Labute approximate surface area is 165 Å². The molecule has 0 saturated carbocycles. The standard InChI is InChI=1S/C20H20N4OS2/c25-19(21-11-9-15-4-2-12-26-15)8-7-18-23-17-6-1-10-22-20(17)24(18)14-16-5-3-13-27-16/h1-6,10,12-13H,7-9,11,14H2,(H,21,25). The van der Waals surface area contributed by atoms with Gasteiger partial charge in [0.15, 0.2) is 5.65 Å². The molecule has 0 aliphatic carbocycles. The van der Waals surface area contributed by atoms with Crippen molar-refractivity contribution in [1.29, 1.82) is 0 Å². The summed E-state index contributed by atoms with van der Waals surface area (Å²) in [4.78, 5) is 24.0. The lowest BCUT2D eigenvalue weighted by atomic mass is 10.2. The third kappa shape index (κ3) is 4.43. The van der Waals surface area contributed by atoms with Crippen LogP contribution < -0.4 is 5.32 Å². The lowest BCUT2D eigenvalue weighted by Crippen LogP contribution is -2.26. The van der Waals surface area contributed by atoms with Gasteiger partial charge in [-0.25, -0.2) is 9.97 Å². The molecule has 4 rings (SSSR count). The van der Waals surface area contributed by atoms with Crippen LogP contribution in [0.4, 0.5) is 0 Å². The second-order valence-electron chi connectivity index (χ2n) is 6.22. The van der Waals surface area contributed by atoms with Crippen LogP contribution >= 0.6 is 22.7 Å². The zero-order valence-corrected chi connectivity index (χ0v) is 16.4. The molecule has 1 amide bonds. The van der Waals surface area contributed by atoms with Gasteiger partial charge in [0.25, 0.3) is 0 Å². The lowest BCUT2D eigenvalue weighted by Gasteiger charge is -2.08. The van der Waals surface area contributed by atoms with Gasteiger partial charge in [-0.1, -0.05) is 12.1 Å². The van der Waals surface area contributed by atoms with Gasteiger partial charge in [-0.2, -0.15) is 0 Å². The molecule has 7 heteroatoms. The Kier molecular flexibility index (Phi) is 5.60. The van der Waals surface area contributed by atoms with Gasteiger partial charge in [-0.05, 0) is 41.4 Å².